The Hall–Kier alpha value is -1.45. The Morgan fingerprint density at radius 2 is 2.23 bits per heavy atom. The standard InChI is InChI=1S/C9H11NO3/c1-7(11)9(4-2-6-10-9)5-3-8(12)13/h2,4,6H,3,5H2,1H3,(H,12,13). The van der Waals surface area contributed by atoms with Crippen LogP contribution in [-0.4, -0.2) is 28.6 Å². The topological polar surface area (TPSA) is 66.7 Å². The maximum absolute atomic E-state index is 11.2. The van der Waals surface area contributed by atoms with Crippen LogP contribution in [0.4, 0.5) is 0 Å². The SMILES string of the molecule is CC(=O)C1(CCC(=O)O)C=CC=N1. The van der Waals surface area contributed by atoms with Gasteiger partial charge in [-0.05, 0) is 25.5 Å². The summed E-state index contributed by atoms with van der Waals surface area (Å²) in [6.45, 7) is 1.43. The Morgan fingerprint density at radius 3 is 2.62 bits per heavy atom. The average molecular weight is 181 g/mol. The fourth-order valence-electron chi connectivity index (χ4n) is 1.25. The van der Waals surface area contributed by atoms with E-state index < -0.39 is 11.5 Å². The van der Waals surface area contributed by atoms with Crippen molar-refractivity contribution in [3.8, 4) is 0 Å². The first-order chi connectivity index (χ1) is 6.07. The van der Waals surface area contributed by atoms with Crippen LogP contribution in [0.1, 0.15) is 19.8 Å². The molecule has 0 spiro atoms. The van der Waals surface area contributed by atoms with Crippen LogP contribution in [-0.2, 0) is 9.59 Å². The predicted octanol–water partition coefficient (Wildman–Crippen LogP) is 0.820. The highest BCUT2D eigenvalue weighted by Crippen LogP contribution is 2.24. The highest BCUT2D eigenvalue weighted by atomic mass is 16.4. The minimum atomic E-state index is -0.906. The molecular formula is C9H11NO3. The van der Waals surface area contributed by atoms with E-state index in [1.807, 2.05) is 0 Å². The molecule has 13 heavy (non-hydrogen) atoms. The molecule has 0 aromatic carbocycles. The summed E-state index contributed by atoms with van der Waals surface area (Å²) < 4.78 is 0. The lowest BCUT2D eigenvalue weighted by molar-refractivity contribution is -0.137. The molecule has 1 heterocycles. The Morgan fingerprint density at radius 1 is 1.54 bits per heavy atom. The molecule has 1 unspecified atom stereocenters. The highest BCUT2D eigenvalue weighted by molar-refractivity contribution is 5.94. The second kappa shape index (κ2) is 3.51. The van der Waals surface area contributed by atoms with Gasteiger partial charge >= 0.3 is 5.97 Å². The molecule has 4 nitrogen and oxygen atoms in total. The van der Waals surface area contributed by atoms with E-state index in [1.165, 1.54) is 13.1 Å². The minimum Gasteiger partial charge on any atom is -0.481 e. The van der Waals surface area contributed by atoms with E-state index >= 15 is 0 Å². The molecule has 1 rings (SSSR count). The van der Waals surface area contributed by atoms with Gasteiger partial charge in [0, 0.05) is 12.6 Å². The lowest BCUT2D eigenvalue weighted by atomic mass is 9.91. The maximum Gasteiger partial charge on any atom is 0.303 e. The number of ketones is 1. The molecule has 0 radical (unpaired) electrons. The molecule has 0 fully saturated rings. The van der Waals surface area contributed by atoms with E-state index in [0.717, 1.165) is 0 Å². The molecule has 0 amide bonds. The van der Waals surface area contributed by atoms with Gasteiger partial charge in [-0.25, -0.2) is 0 Å². The summed E-state index contributed by atoms with van der Waals surface area (Å²) >= 11 is 0. The molecule has 0 saturated heterocycles. The van der Waals surface area contributed by atoms with E-state index in [1.54, 1.807) is 12.2 Å². The number of carboxylic acid groups (broad SMARTS) is 1. The van der Waals surface area contributed by atoms with Crippen LogP contribution in [0.2, 0.25) is 0 Å². The number of Topliss-reactive ketones (excluding diaryl/α,β-unsaturated/α-hetero) is 1. The zero-order valence-electron chi connectivity index (χ0n) is 7.36. The molecular weight excluding hydrogens is 170 g/mol. The number of aliphatic carboxylic acids is 1. The van der Waals surface area contributed by atoms with Crippen molar-refractivity contribution in [1.82, 2.24) is 0 Å². The third-order valence-corrected chi connectivity index (χ3v) is 2.09. The number of carbonyl (C=O) groups is 2. The number of carboxylic acids is 1. The smallest absolute Gasteiger partial charge is 0.303 e. The third kappa shape index (κ3) is 2.02. The Labute approximate surface area is 76.0 Å². The number of carbonyl (C=O) groups excluding carboxylic acids is 1. The fraction of sp³-hybridized carbons (Fsp3) is 0.444. The molecule has 1 atom stereocenters. The molecule has 0 saturated carbocycles. The predicted molar refractivity (Wildman–Crippen MR) is 47.9 cm³/mol. The molecule has 1 aliphatic rings. The molecule has 0 aromatic rings. The van der Waals surface area contributed by atoms with Crippen LogP contribution in [0, 0.1) is 0 Å². The van der Waals surface area contributed by atoms with E-state index in [9.17, 15) is 9.59 Å². The van der Waals surface area contributed by atoms with E-state index in [4.69, 9.17) is 5.11 Å². The quantitative estimate of drug-likeness (QED) is 0.698. The van der Waals surface area contributed by atoms with Crippen LogP contribution in [0.5, 0.6) is 0 Å². The molecule has 4 heteroatoms. The van der Waals surface area contributed by atoms with Gasteiger partial charge in [-0.1, -0.05) is 0 Å². The maximum atomic E-state index is 11.2. The van der Waals surface area contributed by atoms with Crippen LogP contribution < -0.4 is 0 Å². The second-order valence-electron chi connectivity index (χ2n) is 3.01. The van der Waals surface area contributed by atoms with Crippen LogP contribution in [0.15, 0.2) is 17.1 Å². The summed E-state index contributed by atoms with van der Waals surface area (Å²) in [6.07, 6.45) is 5.05. The monoisotopic (exact) mass is 181 g/mol. The summed E-state index contributed by atoms with van der Waals surface area (Å²) in [6, 6.07) is 0. The minimum absolute atomic E-state index is 0.0404. The third-order valence-electron chi connectivity index (χ3n) is 2.09. The van der Waals surface area contributed by atoms with Gasteiger partial charge < -0.3 is 5.11 Å². The Balaban J connectivity index is 2.70. The van der Waals surface area contributed by atoms with Gasteiger partial charge in [-0.3, -0.25) is 14.6 Å². The molecule has 0 bridgehead atoms. The fourth-order valence-corrected chi connectivity index (χ4v) is 1.25. The first kappa shape index (κ1) is 9.64. The zero-order valence-corrected chi connectivity index (χ0v) is 7.36. The van der Waals surface area contributed by atoms with E-state index in [2.05, 4.69) is 4.99 Å². The number of nitrogens with zero attached hydrogens (tertiary/aromatic N) is 1. The second-order valence-corrected chi connectivity index (χ2v) is 3.01. The number of rotatable bonds is 4. The van der Waals surface area contributed by atoms with Gasteiger partial charge in [-0.15, -0.1) is 0 Å². The molecule has 70 valence electrons. The summed E-state index contributed by atoms with van der Waals surface area (Å²) in [5.41, 5.74) is -0.904. The van der Waals surface area contributed by atoms with Crippen LogP contribution in [0.25, 0.3) is 0 Å². The zero-order chi connectivity index (χ0) is 9.90. The summed E-state index contributed by atoms with van der Waals surface area (Å²) in [4.78, 5) is 25.5. The van der Waals surface area contributed by atoms with Crippen molar-refractivity contribution in [3.63, 3.8) is 0 Å². The first-order valence-electron chi connectivity index (χ1n) is 4.03. The number of allylic oxidation sites excluding steroid dienone is 1. The normalized spacial score (nSPS) is 25.0. The van der Waals surface area contributed by atoms with Gasteiger partial charge in [0.05, 0.1) is 0 Å². The molecule has 1 aliphatic heterocycles. The largest absolute Gasteiger partial charge is 0.481 e. The van der Waals surface area contributed by atoms with Gasteiger partial charge in [0.25, 0.3) is 0 Å². The Kier molecular flexibility index (Phi) is 2.60. The van der Waals surface area contributed by atoms with Crippen molar-refractivity contribution in [2.24, 2.45) is 4.99 Å². The molecule has 1 N–H and O–H groups in total. The van der Waals surface area contributed by atoms with Gasteiger partial charge in [0.15, 0.2) is 5.78 Å². The van der Waals surface area contributed by atoms with Gasteiger partial charge in [0.2, 0.25) is 0 Å². The van der Waals surface area contributed by atoms with Crippen molar-refractivity contribution in [2.75, 3.05) is 0 Å². The van der Waals surface area contributed by atoms with Crippen LogP contribution >= 0.6 is 0 Å². The van der Waals surface area contributed by atoms with E-state index in [0.29, 0.717) is 0 Å². The summed E-state index contributed by atoms with van der Waals surface area (Å²) in [5.74, 6) is -1.02. The average Bonchev–Trinajstić information content (AvgIpc) is 2.50. The lowest BCUT2D eigenvalue weighted by Gasteiger charge is -2.19. The lowest BCUT2D eigenvalue weighted by Crippen LogP contribution is -2.31. The molecule has 0 aliphatic carbocycles. The van der Waals surface area contributed by atoms with Crippen molar-refractivity contribution < 1.29 is 14.7 Å². The van der Waals surface area contributed by atoms with Crippen LogP contribution in [0.3, 0.4) is 0 Å². The van der Waals surface area contributed by atoms with Gasteiger partial charge in [-0.2, -0.15) is 0 Å². The number of hydrogen-bond acceptors (Lipinski definition) is 3. The number of aliphatic imine (C=N–C) groups is 1. The summed E-state index contributed by atoms with van der Waals surface area (Å²) in [7, 11) is 0. The highest BCUT2D eigenvalue weighted by Gasteiger charge is 2.33. The van der Waals surface area contributed by atoms with Crippen molar-refractivity contribution in [1.29, 1.82) is 0 Å². The Bertz CT molecular complexity index is 279. The van der Waals surface area contributed by atoms with Crippen molar-refractivity contribution in [2.45, 2.75) is 25.3 Å². The van der Waals surface area contributed by atoms with E-state index in [-0.39, 0.29) is 18.6 Å². The number of hydrogen-bond donors (Lipinski definition) is 1. The van der Waals surface area contributed by atoms with Crippen molar-refractivity contribution >= 4 is 18.0 Å². The first-order valence-corrected chi connectivity index (χ1v) is 4.03. The molecule has 0 aromatic heterocycles. The van der Waals surface area contributed by atoms with Gasteiger partial charge in [0.1, 0.15) is 5.54 Å². The summed E-state index contributed by atoms with van der Waals surface area (Å²) in [5, 5.41) is 8.48. The van der Waals surface area contributed by atoms with Crippen molar-refractivity contribution in [3.05, 3.63) is 12.2 Å².